The quantitative estimate of drug-likeness (QED) is 0.0308. The van der Waals surface area contributed by atoms with Gasteiger partial charge in [0.15, 0.2) is 0 Å². The van der Waals surface area contributed by atoms with Crippen LogP contribution in [0.2, 0.25) is 0 Å². The van der Waals surface area contributed by atoms with E-state index in [-0.39, 0.29) is 0 Å². The third-order valence-corrected chi connectivity index (χ3v) is 15.6. The number of carbonyl (C=O) groups excluding carboxylic acids is 1. The van der Waals surface area contributed by atoms with Crippen molar-refractivity contribution in [2.45, 2.75) is 379 Å². The number of rotatable bonds is 61. The van der Waals surface area contributed by atoms with E-state index in [2.05, 4.69) is 55.6 Å². The molecule has 73 heavy (non-hydrogen) atoms. The van der Waals surface area contributed by atoms with Crippen molar-refractivity contribution < 1.29 is 25.2 Å². The lowest BCUT2D eigenvalue weighted by atomic mass is 10.00. The molecule has 6 heteroatoms. The molecule has 0 radical (unpaired) electrons. The third kappa shape index (κ3) is 55.1. The Morgan fingerprint density at radius 2 is 0.603 bits per heavy atom. The monoisotopic (exact) mass is 1030 g/mol. The summed E-state index contributed by atoms with van der Waals surface area (Å²) >= 11 is 0. The summed E-state index contributed by atoms with van der Waals surface area (Å²) in [6, 6.07) is -1.00. The van der Waals surface area contributed by atoms with E-state index in [4.69, 9.17) is 0 Å². The average molecular weight is 1030 g/mol. The standard InChI is InChI=1S/C67H129NO5/c1-3-5-7-9-11-13-15-17-19-21-23-25-26-27-28-29-30-31-32-33-34-35-36-37-38-39-41-43-45-47-49-51-53-55-57-59-61-65(71)67(73)68-63(62-69)66(72)64(70)60-58-56-54-52-50-48-46-44-42-40-24-22-20-18-16-14-12-10-8-6-4-2/h28-29,31-32,52,54,63-66,69-72H,3-27,30,33-51,53,55-62H2,1-2H3,(H,68,73)/b29-28-,32-31-,54-52+. The Morgan fingerprint density at radius 3 is 0.904 bits per heavy atom. The molecule has 0 saturated carbocycles. The second-order valence-corrected chi connectivity index (χ2v) is 22.8. The van der Waals surface area contributed by atoms with E-state index in [1.165, 1.54) is 283 Å². The molecular weight excluding hydrogens is 899 g/mol. The van der Waals surface area contributed by atoms with Crippen molar-refractivity contribution >= 4 is 5.91 Å². The first kappa shape index (κ1) is 71.5. The normalized spacial score (nSPS) is 13.8. The predicted octanol–water partition coefficient (Wildman–Crippen LogP) is 19.9. The van der Waals surface area contributed by atoms with E-state index in [0.29, 0.717) is 12.8 Å². The van der Waals surface area contributed by atoms with Crippen LogP contribution in [0.1, 0.15) is 354 Å². The number of amides is 1. The van der Waals surface area contributed by atoms with Gasteiger partial charge < -0.3 is 25.7 Å². The first-order valence-electron chi connectivity index (χ1n) is 32.9. The molecule has 4 atom stereocenters. The van der Waals surface area contributed by atoms with Crippen LogP contribution < -0.4 is 5.32 Å². The molecular formula is C67H129NO5. The minimum absolute atomic E-state index is 0.364. The molecule has 0 aliphatic carbocycles. The van der Waals surface area contributed by atoms with E-state index in [1.54, 1.807) is 0 Å². The van der Waals surface area contributed by atoms with Crippen LogP contribution in [0.4, 0.5) is 0 Å². The fraction of sp³-hybridized carbons (Fsp3) is 0.896. The van der Waals surface area contributed by atoms with E-state index in [0.717, 1.165) is 44.9 Å². The number of aliphatic hydroxyl groups excluding tert-OH is 4. The molecule has 0 saturated heterocycles. The van der Waals surface area contributed by atoms with E-state index < -0.39 is 36.9 Å². The van der Waals surface area contributed by atoms with Crippen molar-refractivity contribution in [2.75, 3.05) is 6.61 Å². The number of carbonyl (C=O) groups is 1. The summed E-state index contributed by atoms with van der Waals surface area (Å²) in [5, 5.41) is 44.1. The van der Waals surface area contributed by atoms with Gasteiger partial charge in [0.2, 0.25) is 5.91 Å². The maximum absolute atomic E-state index is 12.6. The van der Waals surface area contributed by atoms with Crippen LogP contribution in [-0.4, -0.2) is 57.3 Å². The number of unbranched alkanes of at least 4 members (excludes halogenated alkanes) is 46. The molecule has 5 N–H and O–H groups in total. The first-order valence-corrected chi connectivity index (χ1v) is 32.9. The van der Waals surface area contributed by atoms with Gasteiger partial charge in [0, 0.05) is 0 Å². The van der Waals surface area contributed by atoms with Crippen LogP contribution >= 0.6 is 0 Å². The Labute approximate surface area is 456 Å². The van der Waals surface area contributed by atoms with Gasteiger partial charge in [-0.3, -0.25) is 4.79 Å². The molecule has 6 nitrogen and oxygen atoms in total. The predicted molar refractivity (Wildman–Crippen MR) is 321 cm³/mol. The maximum Gasteiger partial charge on any atom is 0.249 e. The second kappa shape index (κ2) is 61.4. The van der Waals surface area contributed by atoms with Crippen molar-refractivity contribution in [3.63, 3.8) is 0 Å². The van der Waals surface area contributed by atoms with Gasteiger partial charge in [0.1, 0.15) is 12.2 Å². The van der Waals surface area contributed by atoms with Crippen LogP contribution in [0.15, 0.2) is 36.5 Å². The number of hydrogen-bond donors (Lipinski definition) is 5. The Bertz CT molecular complexity index is 1150. The fourth-order valence-corrected chi connectivity index (χ4v) is 10.4. The summed E-state index contributed by atoms with van der Waals surface area (Å²) in [6.45, 7) is 4.09. The molecule has 0 aromatic carbocycles. The van der Waals surface area contributed by atoms with Gasteiger partial charge >= 0.3 is 0 Å². The van der Waals surface area contributed by atoms with Crippen molar-refractivity contribution in [1.29, 1.82) is 0 Å². The highest BCUT2D eigenvalue weighted by atomic mass is 16.3. The smallest absolute Gasteiger partial charge is 0.249 e. The minimum atomic E-state index is -1.28. The first-order chi connectivity index (χ1) is 36.0. The Balaban J connectivity index is 3.57. The summed E-state index contributed by atoms with van der Waals surface area (Å²) < 4.78 is 0. The average Bonchev–Trinajstić information content (AvgIpc) is 3.40. The SMILES string of the molecule is CCCCCCCCCCCCCCC/C=C\C/C=C\CCCCCCCCCCCCCCCCCCC(O)C(=O)NC(CO)C(O)C(O)CCC/C=C/CCCCCCCCCCCCCCCCCC. The van der Waals surface area contributed by atoms with E-state index >= 15 is 0 Å². The van der Waals surface area contributed by atoms with Gasteiger partial charge in [0.25, 0.3) is 0 Å². The minimum Gasteiger partial charge on any atom is -0.394 e. The molecule has 0 fully saturated rings. The van der Waals surface area contributed by atoms with E-state index in [1.807, 2.05) is 0 Å². The molecule has 0 heterocycles. The van der Waals surface area contributed by atoms with Crippen LogP contribution in [0, 0.1) is 0 Å². The largest absolute Gasteiger partial charge is 0.394 e. The molecule has 1 amide bonds. The Kier molecular flexibility index (Phi) is 60.1. The van der Waals surface area contributed by atoms with E-state index in [9.17, 15) is 25.2 Å². The molecule has 4 unspecified atom stereocenters. The lowest BCUT2D eigenvalue weighted by Crippen LogP contribution is -2.53. The van der Waals surface area contributed by atoms with Crippen LogP contribution in [-0.2, 0) is 4.79 Å². The Hall–Kier alpha value is -1.47. The zero-order chi connectivity index (χ0) is 53.0. The second-order valence-electron chi connectivity index (χ2n) is 22.8. The summed E-state index contributed by atoms with van der Waals surface area (Å²) in [4.78, 5) is 12.6. The number of allylic oxidation sites excluding steroid dienone is 6. The fourth-order valence-electron chi connectivity index (χ4n) is 10.4. The molecule has 0 spiro atoms. The maximum atomic E-state index is 12.6. The van der Waals surface area contributed by atoms with Crippen molar-refractivity contribution in [3.05, 3.63) is 36.5 Å². The van der Waals surface area contributed by atoms with Gasteiger partial charge in [-0.1, -0.05) is 320 Å². The summed E-state index contributed by atoms with van der Waals surface area (Å²) in [5.41, 5.74) is 0. The molecule has 0 aliphatic rings. The van der Waals surface area contributed by atoms with Crippen LogP contribution in [0.5, 0.6) is 0 Å². The van der Waals surface area contributed by atoms with Gasteiger partial charge in [-0.05, 0) is 70.6 Å². The summed E-state index contributed by atoms with van der Waals surface area (Å²) in [5.74, 6) is -0.588. The molecule has 432 valence electrons. The van der Waals surface area contributed by atoms with Crippen LogP contribution in [0.3, 0.4) is 0 Å². The number of hydrogen-bond acceptors (Lipinski definition) is 5. The van der Waals surface area contributed by atoms with Gasteiger partial charge in [-0.25, -0.2) is 0 Å². The topological polar surface area (TPSA) is 110 Å². The van der Waals surface area contributed by atoms with Crippen molar-refractivity contribution in [1.82, 2.24) is 5.32 Å². The molecule has 0 aromatic heterocycles. The zero-order valence-corrected chi connectivity index (χ0v) is 49.2. The number of aliphatic hydroxyl groups is 4. The number of nitrogens with one attached hydrogen (secondary N) is 1. The van der Waals surface area contributed by atoms with Gasteiger partial charge in [0.05, 0.1) is 18.8 Å². The van der Waals surface area contributed by atoms with Gasteiger partial charge in [-0.15, -0.1) is 0 Å². The zero-order valence-electron chi connectivity index (χ0n) is 49.2. The molecule has 0 rings (SSSR count). The highest BCUT2D eigenvalue weighted by molar-refractivity contribution is 5.80. The van der Waals surface area contributed by atoms with Crippen LogP contribution in [0.25, 0.3) is 0 Å². The summed E-state index contributed by atoms with van der Waals surface area (Å²) in [7, 11) is 0. The lowest BCUT2D eigenvalue weighted by molar-refractivity contribution is -0.132. The van der Waals surface area contributed by atoms with Crippen molar-refractivity contribution in [3.8, 4) is 0 Å². The highest BCUT2D eigenvalue weighted by Crippen LogP contribution is 2.18. The summed E-state index contributed by atoms with van der Waals surface area (Å²) in [6.07, 6.45) is 78.3. The highest BCUT2D eigenvalue weighted by Gasteiger charge is 2.28. The Morgan fingerprint density at radius 1 is 0.342 bits per heavy atom. The third-order valence-electron chi connectivity index (χ3n) is 15.6. The molecule has 0 bridgehead atoms. The van der Waals surface area contributed by atoms with Gasteiger partial charge in [-0.2, -0.15) is 0 Å². The lowest BCUT2D eigenvalue weighted by Gasteiger charge is -2.27. The molecule has 0 aliphatic heterocycles. The molecule has 0 aromatic rings. The van der Waals surface area contributed by atoms with Crippen molar-refractivity contribution in [2.24, 2.45) is 0 Å².